The number of likely N-dealkylation sites (tertiary alicyclic amines) is 2. The third-order valence-electron chi connectivity index (χ3n) is 4.67. The summed E-state index contributed by atoms with van der Waals surface area (Å²) in [6.07, 6.45) is 6.50. The Morgan fingerprint density at radius 2 is 1.85 bits per heavy atom. The average molecular weight is 282 g/mol. The van der Waals surface area contributed by atoms with Crippen LogP contribution in [0.25, 0.3) is 0 Å². The van der Waals surface area contributed by atoms with E-state index in [1.807, 2.05) is 4.90 Å². The molecule has 0 aromatic rings. The van der Waals surface area contributed by atoms with Gasteiger partial charge in [0.2, 0.25) is 5.91 Å². The standard InChI is InChI=1S/C15H26N2O3/c1-2-12-6-3-4-9-17(12)14(18)11-16-8-5-7-13(16)10-15(19)20/h12-13H,2-11H2,1H3,(H,19,20). The molecule has 0 aromatic carbocycles. The molecule has 0 radical (unpaired) electrons. The molecular formula is C15H26N2O3. The Labute approximate surface area is 120 Å². The third kappa shape index (κ3) is 3.72. The van der Waals surface area contributed by atoms with Crippen LogP contribution in [0.4, 0.5) is 0 Å². The van der Waals surface area contributed by atoms with Crippen LogP contribution in [0.15, 0.2) is 0 Å². The number of amides is 1. The van der Waals surface area contributed by atoms with Crippen molar-refractivity contribution in [2.75, 3.05) is 19.6 Å². The number of carboxylic acids is 1. The van der Waals surface area contributed by atoms with E-state index in [-0.39, 0.29) is 18.4 Å². The van der Waals surface area contributed by atoms with Crippen molar-refractivity contribution in [2.45, 2.75) is 64.0 Å². The predicted molar refractivity (Wildman–Crippen MR) is 76.5 cm³/mol. The van der Waals surface area contributed by atoms with Gasteiger partial charge in [0.05, 0.1) is 13.0 Å². The topological polar surface area (TPSA) is 60.9 Å². The van der Waals surface area contributed by atoms with Crippen molar-refractivity contribution in [1.82, 2.24) is 9.80 Å². The highest BCUT2D eigenvalue weighted by atomic mass is 16.4. The van der Waals surface area contributed by atoms with E-state index >= 15 is 0 Å². The molecule has 20 heavy (non-hydrogen) atoms. The first-order chi connectivity index (χ1) is 9.61. The largest absolute Gasteiger partial charge is 0.481 e. The third-order valence-corrected chi connectivity index (χ3v) is 4.67. The van der Waals surface area contributed by atoms with Crippen LogP contribution in [0.3, 0.4) is 0 Å². The van der Waals surface area contributed by atoms with Crippen molar-refractivity contribution in [1.29, 1.82) is 0 Å². The van der Waals surface area contributed by atoms with Gasteiger partial charge in [-0.1, -0.05) is 6.92 Å². The number of piperidine rings is 1. The van der Waals surface area contributed by atoms with E-state index in [2.05, 4.69) is 11.8 Å². The summed E-state index contributed by atoms with van der Waals surface area (Å²) in [5.41, 5.74) is 0. The normalized spacial score (nSPS) is 27.8. The molecule has 2 aliphatic rings. The minimum absolute atomic E-state index is 0.0429. The lowest BCUT2D eigenvalue weighted by Gasteiger charge is -2.37. The maximum atomic E-state index is 12.5. The monoisotopic (exact) mass is 282 g/mol. The Morgan fingerprint density at radius 1 is 1.10 bits per heavy atom. The van der Waals surface area contributed by atoms with E-state index in [1.54, 1.807) is 0 Å². The molecule has 2 unspecified atom stereocenters. The number of rotatable bonds is 5. The van der Waals surface area contributed by atoms with Crippen LogP contribution in [-0.4, -0.2) is 58.5 Å². The fourth-order valence-electron chi connectivity index (χ4n) is 3.55. The number of nitrogens with zero attached hydrogens (tertiary/aromatic N) is 2. The molecule has 0 spiro atoms. The summed E-state index contributed by atoms with van der Waals surface area (Å²) in [5.74, 6) is -0.576. The van der Waals surface area contributed by atoms with Crippen LogP contribution in [0, 0.1) is 0 Å². The number of carbonyl (C=O) groups excluding carboxylic acids is 1. The molecule has 1 amide bonds. The zero-order chi connectivity index (χ0) is 14.5. The van der Waals surface area contributed by atoms with E-state index in [0.717, 1.165) is 45.2 Å². The van der Waals surface area contributed by atoms with Crippen molar-refractivity contribution in [3.05, 3.63) is 0 Å². The predicted octanol–water partition coefficient (Wildman–Crippen LogP) is 1.72. The van der Waals surface area contributed by atoms with Crippen LogP contribution >= 0.6 is 0 Å². The molecule has 5 heteroatoms. The van der Waals surface area contributed by atoms with Gasteiger partial charge in [0.1, 0.15) is 0 Å². The van der Waals surface area contributed by atoms with Gasteiger partial charge in [-0.05, 0) is 45.1 Å². The minimum Gasteiger partial charge on any atom is -0.481 e. The number of carboxylic acid groups (broad SMARTS) is 1. The fourth-order valence-corrected chi connectivity index (χ4v) is 3.55. The van der Waals surface area contributed by atoms with Crippen molar-refractivity contribution < 1.29 is 14.7 Å². The van der Waals surface area contributed by atoms with Crippen molar-refractivity contribution in [2.24, 2.45) is 0 Å². The molecule has 0 aliphatic carbocycles. The van der Waals surface area contributed by atoms with Gasteiger partial charge < -0.3 is 10.0 Å². The fraction of sp³-hybridized carbons (Fsp3) is 0.867. The average Bonchev–Trinajstić information content (AvgIpc) is 2.85. The Balaban J connectivity index is 1.90. The van der Waals surface area contributed by atoms with Gasteiger partial charge in [0, 0.05) is 18.6 Å². The SMILES string of the molecule is CCC1CCCCN1C(=O)CN1CCCC1CC(=O)O. The minimum atomic E-state index is -0.765. The Hall–Kier alpha value is -1.10. The quantitative estimate of drug-likeness (QED) is 0.834. The highest BCUT2D eigenvalue weighted by molar-refractivity contribution is 5.79. The van der Waals surface area contributed by atoms with E-state index in [0.29, 0.717) is 12.6 Å². The van der Waals surface area contributed by atoms with Crippen LogP contribution in [0.1, 0.15) is 51.9 Å². The lowest BCUT2D eigenvalue weighted by atomic mass is 10.00. The van der Waals surface area contributed by atoms with E-state index in [4.69, 9.17) is 5.11 Å². The maximum Gasteiger partial charge on any atom is 0.304 e. The Kier molecular flexibility index (Phi) is 5.40. The molecule has 0 saturated carbocycles. The first-order valence-corrected chi connectivity index (χ1v) is 7.87. The molecule has 2 atom stereocenters. The number of aliphatic carboxylic acids is 1. The summed E-state index contributed by atoms with van der Waals surface area (Å²) in [5, 5.41) is 8.93. The van der Waals surface area contributed by atoms with Gasteiger partial charge >= 0.3 is 5.97 Å². The molecule has 0 bridgehead atoms. The van der Waals surface area contributed by atoms with E-state index in [9.17, 15) is 9.59 Å². The Bertz CT molecular complexity index is 359. The van der Waals surface area contributed by atoms with Crippen molar-refractivity contribution in [3.63, 3.8) is 0 Å². The van der Waals surface area contributed by atoms with Crippen LogP contribution < -0.4 is 0 Å². The van der Waals surface area contributed by atoms with Gasteiger partial charge in [0.15, 0.2) is 0 Å². The molecule has 2 heterocycles. The maximum absolute atomic E-state index is 12.5. The molecule has 5 nitrogen and oxygen atoms in total. The summed E-state index contributed by atoms with van der Waals surface area (Å²) in [7, 11) is 0. The second kappa shape index (κ2) is 7.07. The van der Waals surface area contributed by atoms with Gasteiger partial charge in [0.25, 0.3) is 0 Å². The van der Waals surface area contributed by atoms with Crippen molar-refractivity contribution >= 4 is 11.9 Å². The van der Waals surface area contributed by atoms with E-state index in [1.165, 1.54) is 6.42 Å². The molecule has 0 aromatic heterocycles. The number of carbonyl (C=O) groups is 2. The van der Waals surface area contributed by atoms with Gasteiger partial charge in [-0.2, -0.15) is 0 Å². The number of hydrogen-bond acceptors (Lipinski definition) is 3. The molecule has 2 fully saturated rings. The first kappa shape index (κ1) is 15.3. The summed E-state index contributed by atoms with van der Waals surface area (Å²) in [4.78, 5) is 27.5. The zero-order valence-corrected chi connectivity index (χ0v) is 12.4. The first-order valence-electron chi connectivity index (χ1n) is 7.87. The van der Waals surface area contributed by atoms with Gasteiger partial charge in [-0.25, -0.2) is 0 Å². The lowest BCUT2D eigenvalue weighted by molar-refractivity contribution is -0.140. The molecule has 2 saturated heterocycles. The highest BCUT2D eigenvalue weighted by Crippen LogP contribution is 2.23. The van der Waals surface area contributed by atoms with Crippen LogP contribution in [0.5, 0.6) is 0 Å². The molecule has 2 rings (SSSR count). The molecular weight excluding hydrogens is 256 g/mol. The van der Waals surface area contributed by atoms with Crippen molar-refractivity contribution in [3.8, 4) is 0 Å². The highest BCUT2D eigenvalue weighted by Gasteiger charge is 2.31. The smallest absolute Gasteiger partial charge is 0.304 e. The summed E-state index contributed by atoms with van der Waals surface area (Å²) >= 11 is 0. The summed E-state index contributed by atoms with van der Waals surface area (Å²) in [6, 6.07) is 0.429. The van der Waals surface area contributed by atoms with Gasteiger partial charge in [-0.3, -0.25) is 14.5 Å². The Morgan fingerprint density at radius 3 is 2.55 bits per heavy atom. The molecule has 2 aliphatic heterocycles. The van der Waals surface area contributed by atoms with E-state index < -0.39 is 5.97 Å². The lowest BCUT2D eigenvalue weighted by Crippen LogP contribution is -2.48. The number of hydrogen-bond donors (Lipinski definition) is 1. The molecule has 114 valence electrons. The second-order valence-electron chi connectivity index (χ2n) is 6.01. The zero-order valence-electron chi connectivity index (χ0n) is 12.4. The molecule has 1 N–H and O–H groups in total. The second-order valence-corrected chi connectivity index (χ2v) is 6.01. The van der Waals surface area contributed by atoms with Crippen LogP contribution in [0.2, 0.25) is 0 Å². The van der Waals surface area contributed by atoms with Crippen LogP contribution in [-0.2, 0) is 9.59 Å². The summed E-state index contributed by atoms with van der Waals surface area (Å²) in [6.45, 7) is 4.26. The summed E-state index contributed by atoms with van der Waals surface area (Å²) < 4.78 is 0. The van der Waals surface area contributed by atoms with Gasteiger partial charge in [-0.15, -0.1) is 0 Å².